The molecule has 0 radical (unpaired) electrons. The third-order valence-electron chi connectivity index (χ3n) is 3.80. The summed E-state index contributed by atoms with van der Waals surface area (Å²) in [4.78, 5) is 12.9. The Balaban J connectivity index is 2.17. The van der Waals surface area contributed by atoms with Crippen molar-refractivity contribution in [2.75, 3.05) is 0 Å². The molecule has 2 N–H and O–H groups in total. The lowest BCUT2D eigenvalue weighted by atomic mass is 9.82. The largest absolute Gasteiger partial charge is 0.310 e. The highest BCUT2D eigenvalue weighted by Gasteiger charge is 2.45. The van der Waals surface area contributed by atoms with E-state index in [1.165, 1.54) is 0 Å². The van der Waals surface area contributed by atoms with Crippen molar-refractivity contribution in [1.82, 2.24) is 5.32 Å². The lowest BCUT2D eigenvalue weighted by molar-refractivity contribution is -0.711. The van der Waals surface area contributed by atoms with Crippen LogP contribution in [-0.2, 0) is 4.79 Å². The highest BCUT2D eigenvalue weighted by molar-refractivity contribution is 9.10. The zero-order valence-electron chi connectivity index (χ0n) is 12.0. The van der Waals surface area contributed by atoms with Crippen LogP contribution in [0.25, 0.3) is 0 Å². The summed E-state index contributed by atoms with van der Waals surface area (Å²) in [6.45, 7) is 0. The fourth-order valence-electron chi connectivity index (χ4n) is 2.76. The van der Waals surface area contributed by atoms with Crippen LogP contribution in [0.4, 0.5) is 0 Å². The van der Waals surface area contributed by atoms with E-state index < -0.39 is 6.04 Å². The normalized spacial score (nSPS) is 20.8. The topological polar surface area (TPSA) is 56.8 Å². The average molecular weight is 387 g/mol. The Hall–Kier alpha value is -2.14. The fourth-order valence-corrected chi connectivity index (χ4v) is 3.31. The van der Waals surface area contributed by atoms with Gasteiger partial charge in [-0.15, -0.1) is 0 Å². The maximum Gasteiger partial charge on any atom is 0.295 e. The summed E-state index contributed by atoms with van der Waals surface area (Å²) in [6.07, 6.45) is 3.68. The van der Waals surface area contributed by atoms with Gasteiger partial charge in [0.15, 0.2) is 12.4 Å². The standard InChI is InChI=1S/C17H12BrN3OS/c18-12-6-4-11(5-7-12)14-13(10-19)17(23)20-16(22)15(14)21-8-2-1-3-9-21/h1-9,14-15,19H/p+1/t14-,15+/m0/s1. The molecule has 0 spiro atoms. The number of aromatic nitrogens is 1. The molecule has 3 rings (SSSR count). The van der Waals surface area contributed by atoms with E-state index in [-0.39, 0.29) is 16.8 Å². The van der Waals surface area contributed by atoms with E-state index in [0.717, 1.165) is 10.0 Å². The first-order valence-corrected chi connectivity index (χ1v) is 8.18. The molecule has 2 heterocycles. The van der Waals surface area contributed by atoms with Crippen molar-refractivity contribution < 1.29 is 9.36 Å². The van der Waals surface area contributed by atoms with Gasteiger partial charge in [0.05, 0.1) is 11.5 Å². The summed E-state index contributed by atoms with van der Waals surface area (Å²) in [5.41, 5.74) is 1.43. The van der Waals surface area contributed by atoms with Crippen molar-refractivity contribution in [1.29, 1.82) is 5.41 Å². The third kappa shape index (κ3) is 3.01. The van der Waals surface area contributed by atoms with Crippen LogP contribution in [0.3, 0.4) is 0 Å². The number of benzene rings is 1. The summed E-state index contributed by atoms with van der Waals surface area (Å²) in [6, 6.07) is 12.8. The smallest absolute Gasteiger partial charge is 0.295 e. The first-order chi connectivity index (χ1) is 11.1. The quantitative estimate of drug-likeness (QED) is 0.360. The van der Waals surface area contributed by atoms with Crippen LogP contribution < -0.4 is 9.88 Å². The Labute approximate surface area is 147 Å². The molecule has 0 saturated carbocycles. The Morgan fingerprint density at radius 1 is 1.17 bits per heavy atom. The van der Waals surface area contributed by atoms with Crippen molar-refractivity contribution in [3.63, 3.8) is 0 Å². The molecule has 6 heteroatoms. The maximum absolute atomic E-state index is 12.6. The van der Waals surface area contributed by atoms with E-state index in [1.807, 2.05) is 59.4 Å². The van der Waals surface area contributed by atoms with Gasteiger partial charge in [0.2, 0.25) is 6.04 Å². The van der Waals surface area contributed by atoms with Crippen LogP contribution in [0.2, 0.25) is 0 Å². The number of pyridine rings is 1. The minimum atomic E-state index is -0.517. The molecule has 1 aromatic heterocycles. The van der Waals surface area contributed by atoms with Crippen molar-refractivity contribution in [3.8, 4) is 0 Å². The molecule has 0 unspecified atom stereocenters. The van der Waals surface area contributed by atoms with Crippen LogP contribution >= 0.6 is 28.1 Å². The minimum Gasteiger partial charge on any atom is -0.310 e. The molecule has 1 aromatic carbocycles. The van der Waals surface area contributed by atoms with Crippen molar-refractivity contribution >= 4 is 44.9 Å². The number of hydrogen-bond donors (Lipinski definition) is 2. The molecule has 1 amide bonds. The van der Waals surface area contributed by atoms with Crippen molar-refractivity contribution in [2.45, 2.75) is 12.0 Å². The second kappa shape index (κ2) is 6.54. The summed E-state index contributed by atoms with van der Waals surface area (Å²) in [5.74, 6) is 1.89. The van der Waals surface area contributed by atoms with Gasteiger partial charge in [-0.2, -0.15) is 4.57 Å². The molecule has 1 fully saturated rings. The highest BCUT2D eigenvalue weighted by Crippen LogP contribution is 2.35. The summed E-state index contributed by atoms with van der Waals surface area (Å²) in [7, 11) is 0. The molecule has 4 nitrogen and oxygen atoms in total. The van der Waals surface area contributed by atoms with Crippen LogP contribution in [0, 0.1) is 5.41 Å². The second-order valence-corrected chi connectivity index (χ2v) is 6.48. The number of amides is 1. The van der Waals surface area contributed by atoms with Gasteiger partial charge in [0.1, 0.15) is 4.99 Å². The molecule has 1 saturated heterocycles. The van der Waals surface area contributed by atoms with Gasteiger partial charge in [-0.05, 0) is 23.6 Å². The van der Waals surface area contributed by atoms with E-state index in [0.29, 0.717) is 5.57 Å². The zero-order chi connectivity index (χ0) is 16.4. The van der Waals surface area contributed by atoms with E-state index in [1.54, 1.807) is 0 Å². The van der Waals surface area contributed by atoms with Crippen molar-refractivity contribution in [3.05, 3.63) is 70.5 Å². The molecule has 2 aromatic rings. The van der Waals surface area contributed by atoms with Gasteiger partial charge < -0.3 is 5.32 Å². The molecule has 1 aliphatic heterocycles. The third-order valence-corrected chi connectivity index (χ3v) is 4.65. The van der Waals surface area contributed by atoms with Gasteiger partial charge in [-0.25, -0.2) is 0 Å². The number of nitrogens with one attached hydrogen (secondary N) is 2. The molecular weight excluding hydrogens is 374 g/mol. The minimum absolute atomic E-state index is 0.182. The predicted octanol–water partition coefficient (Wildman–Crippen LogP) is 2.69. The van der Waals surface area contributed by atoms with Crippen LogP contribution in [0.15, 0.2) is 64.9 Å². The number of halogens is 1. The lowest BCUT2D eigenvalue weighted by Crippen LogP contribution is -2.56. The van der Waals surface area contributed by atoms with Crippen LogP contribution in [-0.4, -0.2) is 16.8 Å². The van der Waals surface area contributed by atoms with Gasteiger partial charge >= 0.3 is 0 Å². The van der Waals surface area contributed by atoms with Gasteiger partial charge in [-0.3, -0.25) is 10.2 Å². The first kappa shape index (κ1) is 15.7. The molecule has 2 atom stereocenters. The monoisotopic (exact) mass is 386 g/mol. The average Bonchev–Trinajstić information content (AvgIpc) is 2.56. The number of rotatable bonds is 2. The van der Waals surface area contributed by atoms with E-state index >= 15 is 0 Å². The Bertz CT molecular complexity index is 813. The van der Waals surface area contributed by atoms with E-state index in [9.17, 15) is 4.79 Å². The molecule has 114 valence electrons. The highest BCUT2D eigenvalue weighted by atomic mass is 79.9. The number of hydrogen-bond acceptors (Lipinski definition) is 3. The van der Waals surface area contributed by atoms with Gasteiger partial charge in [0, 0.05) is 16.6 Å². The van der Waals surface area contributed by atoms with Crippen LogP contribution in [0.1, 0.15) is 17.5 Å². The summed E-state index contributed by atoms with van der Waals surface area (Å²) >= 11 is 8.65. The van der Waals surface area contributed by atoms with Gasteiger partial charge in [-0.1, -0.05) is 46.3 Å². The number of carbonyl (C=O) groups excluding carboxylic acids is 1. The molecule has 1 aliphatic rings. The Morgan fingerprint density at radius 2 is 1.83 bits per heavy atom. The van der Waals surface area contributed by atoms with E-state index in [2.05, 4.69) is 27.1 Å². The number of piperidine rings is 1. The molecule has 0 aliphatic carbocycles. The number of thiocarbonyl (C=S) groups is 1. The SMILES string of the molecule is N=C=C1C(=S)NC(=O)[C@H]([n+]2ccccc2)[C@H]1c1ccc(Br)cc1. The van der Waals surface area contributed by atoms with Crippen LogP contribution in [0.5, 0.6) is 0 Å². The number of nitrogens with zero attached hydrogens (tertiary/aromatic N) is 1. The summed E-state index contributed by atoms with van der Waals surface area (Å²) < 4.78 is 2.79. The predicted molar refractivity (Wildman–Crippen MR) is 94.5 cm³/mol. The van der Waals surface area contributed by atoms with Crippen molar-refractivity contribution in [2.24, 2.45) is 0 Å². The maximum atomic E-state index is 12.6. The lowest BCUT2D eigenvalue weighted by Gasteiger charge is -2.29. The fraction of sp³-hybridized carbons (Fsp3) is 0.118. The Kier molecular flexibility index (Phi) is 4.48. The van der Waals surface area contributed by atoms with Gasteiger partial charge in [0.25, 0.3) is 5.91 Å². The second-order valence-electron chi connectivity index (χ2n) is 5.15. The molecular formula is C17H13BrN3OS+. The zero-order valence-corrected chi connectivity index (χ0v) is 14.4. The van der Waals surface area contributed by atoms with E-state index in [4.69, 9.17) is 17.6 Å². The Morgan fingerprint density at radius 3 is 2.43 bits per heavy atom. The first-order valence-electron chi connectivity index (χ1n) is 6.98. The summed E-state index contributed by atoms with van der Waals surface area (Å²) in [5, 5.41) is 10.3. The number of carbonyl (C=O) groups is 1. The molecule has 0 bridgehead atoms. The molecule has 23 heavy (non-hydrogen) atoms.